The second-order valence-corrected chi connectivity index (χ2v) is 14.4. The first-order chi connectivity index (χ1) is 24.5. The molecule has 0 unspecified atom stereocenters. The minimum atomic E-state index is -0.875. The predicted molar refractivity (Wildman–Crippen MR) is 197 cm³/mol. The Hall–Kier alpha value is -3.93. The average molecular weight is 707 g/mol. The molecule has 1 amide bonds. The number of hydrogen-bond donors (Lipinski definition) is 1. The Labute approximate surface area is 302 Å². The van der Waals surface area contributed by atoms with Crippen molar-refractivity contribution in [2.45, 2.75) is 64.9 Å². The van der Waals surface area contributed by atoms with Crippen molar-refractivity contribution in [3.8, 4) is 5.75 Å². The van der Waals surface area contributed by atoms with Crippen LogP contribution in [0.1, 0.15) is 51.2 Å². The van der Waals surface area contributed by atoms with Crippen LogP contribution >= 0.6 is 0 Å². The van der Waals surface area contributed by atoms with Crippen LogP contribution < -0.4 is 9.64 Å². The van der Waals surface area contributed by atoms with Crippen LogP contribution in [0.2, 0.25) is 0 Å². The highest BCUT2D eigenvalue weighted by molar-refractivity contribution is 5.71. The molecular weight excluding hydrogens is 651 g/mol. The zero-order valence-electron chi connectivity index (χ0n) is 30.8. The number of carbonyl (C=O) groups is 2. The molecule has 5 atom stereocenters. The highest BCUT2D eigenvalue weighted by Gasteiger charge is 2.29. The summed E-state index contributed by atoms with van der Waals surface area (Å²) in [6.07, 6.45) is 4.13. The molecule has 3 heterocycles. The summed E-state index contributed by atoms with van der Waals surface area (Å²) in [6, 6.07) is 13.2. The molecule has 51 heavy (non-hydrogen) atoms. The van der Waals surface area contributed by atoms with E-state index < -0.39 is 24.3 Å². The molecule has 10 nitrogen and oxygen atoms in total. The van der Waals surface area contributed by atoms with Gasteiger partial charge in [-0.05, 0) is 85.8 Å². The number of cyclic esters (lactones) is 1. The van der Waals surface area contributed by atoms with Crippen LogP contribution in [0.4, 0.5) is 14.9 Å². The van der Waals surface area contributed by atoms with Crippen molar-refractivity contribution < 1.29 is 33.3 Å². The van der Waals surface area contributed by atoms with Crippen LogP contribution in [0.25, 0.3) is 6.08 Å². The lowest BCUT2D eigenvalue weighted by Crippen LogP contribution is -2.48. The third kappa shape index (κ3) is 11.0. The first-order valence-corrected chi connectivity index (χ1v) is 18.3. The third-order valence-electron chi connectivity index (χ3n) is 10.3. The van der Waals surface area contributed by atoms with Crippen molar-refractivity contribution in [2.75, 3.05) is 71.4 Å². The Morgan fingerprint density at radius 3 is 2.37 bits per heavy atom. The molecule has 11 heteroatoms. The first-order valence-electron chi connectivity index (χ1n) is 18.3. The zero-order chi connectivity index (χ0) is 36.5. The molecular formula is C40H55FN4O6. The van der Waals surface area contributed by atoms with Gasteiger partial charge in [-0.15, -0.1) is 0 Å². The van der Waals surface area contributed by atoms with E-state index in [1.807, 2.05) is 64.2 Å². The van der Waals surface area contributed by atoms with Gasteiger partial charge in [0, 0.05) is 70.5 Å². The number of anilines is 1. The fourth-order valence-electron chi connectivity index (χ4n) is 6.99. The van der Waals surface area contributed by atoms with Gasteiger partial charge >= 0.3 is 12.1 Å². The summed E-state index contributed by atoms with van der Waals surface area (Å²) in [5.41, 5.74) is 3.45. The van der Waals surface area contributed by atoms with Crippen LogP contribution in [-0.2, 0) is 20.8 Å². The lowest BCUT2D eigenvalue weighted by atomic mass is 9.91. The molecule has 0 bridgehead atoms. The summed E-state index contributed by atoms with van der Waals surface area (Å²) in [5.74, 6) is -0.338. The van der Waals surface area contributed by atoms with Gasteiger partial charge in [0.05, 0.1) is 19.6 Å². The van der Waals surface area contributed by atoms with E-state index in [0.717, 1.165) is 62.8 Å². The number of carbonyl (C=O) groups excluding carboxylic acids is 2. The number of aliphatic hydroxyl groups is 1. The number of aliphatic hydroxyl groups excluding tert-OH is 1. The highest BCUT2D eigenvalue weighted by atomic mass is 19.1. The normalized spacial score (nSPS) is 26.8. The highest BCUT2D eigenvalue weighted by Crippen LogP contribution is 2.28. The number of likely N-dealkylation sites (N-methyl/N-ethyl adjacent to an activating group) is 1. The molecule has 3 aliphatic rings. The minimum absolute atomic E-state index is 0.0694. The number of piperazine rings is 2. The van der Waals surface area contributed by atoms with Gasteiger partial charge < -0.3 is 34.0 Å². The number of methoxy groups -OCH3 is 1. The molecule has 0 radical (unpaired) electrons. The van der Waals surface area contributed by atoms with Crippen molar-refractivity contribution in [1.29, 1.82) is 0 Å². The van der Waals surface area contributed by atoms with Gasteiger partial charge in [-0.2, -0.15) is 0 Å². The van der Waals surface area contributed by atoms with E-state index in [2.05, 4.69) is 26.8 Å². The maximum atomic E-state index is 15.1. The topological polar surface area (TPSA) is 95.0 Å². The molecule has 2 saturated heterocycles. The van der Waals surface area contributed by atoms with Gasteiger partial charge in [0.1, 0.15) is 23.8 Å². The third-order valence-corrected chi connectivity index (χ3v) is 10.3. The van der Waals surface area contributed by atoms with E-state index in [4.69, 9.17) is 14.2 Å². The van der Waals surface area contributed by atoms with Gasteiger partial charge in [-0.3, -0.25) is 9.69 Å². The largest absolute Gasteiger partial charge is 0.497 e. The van der Waals surface area contributed by atoms with Crippen molar-refractivity contribution in [2.24, 2.45) is 11.8 Å². The van der Waals surface area contributed by atoms with Gasteiger partial charge in [0.25, 0.3) is 0 Å². The van der Waals surface area contributed by atoms with E-state index >= 15 is 4.39 Å². The van der Waals surface area contributed by atoms with E-state index in [1.165, 1.54) is 11.6 Å². The quantitative estimate of drug-likeness (QED) is 0.292. The Kier molecular flexibility index (Phi) is 13.5. The Morgan fingerprint density at radius 2 is 1.69 bits per heavy atom. The lowest BCUT2D eigenvalue weighted by molar-refractivity contribution is -0.151. The molecule has 2 aromatic rings. The molecule has 0 spiro atoms. The smallest absolute Gasteiger partial charge is 0.410 e. The second kappa shape index (κ2) is 18.0. The number of ether oxygens (including phenoxy) is 3. The summed E-state index contributed by atoms with van der Waals surface area (Å²) < 4.78 is 32.4. The monoisotopic (exact) mass is 706 g/mol. The molecule has 3 aliphatic heterocycles. The molecule has 278 valence electrons. The number of esters is 1. The van der Waals surface area contributed by atoms with Crippen molar-refractivity contribution in [3.63, 3.8) is 0 Å². The molecule has 2 fully saturated rings. The summed E-state index contributed by atoms with van der Waals surface area (Å²) in [5, 5.41) is 10.7. The first kappa shape index (κ1) is 38.3. The number of hydrogen-bond acceptors (Lipinski definition) is 9. The minimum Gasteiger partial charge on any atom is -0.497 e. The standard InChI is InChI=1S/C40H55FN4O6/c1-28-6-10-35(46)26-38(47)51-39(29(2)7-13-37(28)50-40(48)45-18-14-42(4)15-19-45)30(3)22-32-23-33(41)25-34(24-32)44-20-16-43(17-21-44)27-31-8-11-36(49-5)12-9-31/h7-9,11-13,22-25,28-29,35,37,39,46H,6,10,14-21,26-27H2,1-5H3/b13-7+,30-22+/t28-,29-,35+,37-,39-/m0/s1. The van der Waals surface area contributed by atoms with Gasteiger partial charge in [-0.1, -0.05) is 38.1 Å². The summed E-state index contributed by atoms with van der Waals surface area (Å²) in [7, 11) is 3.70. The SMILES string of the molecule is COc1ccc(CN2CCN(c3cc(F)cc(/C=C(\C)[C@H]4OC(=O)C[C@H](O)CC[C@H](C)[C@@H](OC(=O)N5CCN(C)CC5)/C=C/[C@@H]4C)c3)CC2)cc1. The molecule has 0 aromatic heterocycles. The van der Waals surface area contributed by atoms with Crippen molar-refractivity contribution in [1.82, 2.24) is 14.7 Å². The zero-order valence-corrected chi connectivity index (χ0v) is 30.8. The predicted octanol–water partition coefficient (Wildman–Crippen LogP) is 5.60. The van der Waals surface area contributed by atoms with Gasteiger partial charge in [0.15, 0.2) is 0 Å². The Balaban J connectivity index is 1.29. The maximum Gasteiger partial charge on any atom is 0.410 e. The van der Waals surface area contributed by atoms with Crippen LogP contribution in [0, 0.1) is 17.7 Å². The number of rotatable bonds is 7. The Bertz CT molecular complexity index is 1520. The molecule has 2 aromatic carbocycles. The molecule has 1 N–H and O–H groups in total. The molecule has 0 saturated carbocycles. The average Bonchev–Trinajstić information content (AvgIpc) is 3.11. The van der Waals surface area contributed by atoms with Crippen molar-refractivity contribution in [3.05, 3.63) is 77.1 Å². The summed E-state index contributed by atoms with van der Waals surface area (Å²) in [4.78, 5) is 34.6. The molecule has 0 aliphatic carbocycles. The van der Waals surface area contributed by atoms with Crippen LogP contribution in [0.3, 0.4) is 0 Å². The number of benzene rings is 2. The van der Waals surface area contributed by atoms with Crippen molar-refractivity contribution >= 4 is 23.8 Å². The lowest BCUT2D eigenvalue weighted by Gasteiger charge is -2.36. The van der Waals surface area contributed by atoms with Crippen LogP contribution in [0.15, 0.2) is 60.2 Å². The van der Waals surface area contributed by atoms with Crippen LogP contribution in [0.5, 0.6) is 5.75 Å². The second-order valence-electron chi connectivity index (χ2n) is 14.4. The number of amides is 1. The fourth-order valence-corrected chi connectivity index (χ4v) is 6.99. The fraction of sp³-hybridized carbons (Fsp3) is 0.550. The Morgan fingerprint density at radius 1 is 0.980 bits per heavy atom. The maximum absolute atomic E-state index is 15.1. The summed E-state index contributed by atoms with van der Waals surface area (Å²) >= 11 is 0. The van der Waals surface area contributed by atoms with Gasteiger partial charge in [-0.25, -0.2) is 9.18 Å². The number of halogens is 1. The van der Waals surface area contributed by atoms with E-state index in [-0.39, 0.29) is 30.2 Å². The summed E-state index contributed by atoms with van der Waals surface area (Å²) in [6.45, 7) is 12.7. The van der Waals surface area contributed by atoms with E-state index in [1.54, 1.807) is 18.1 Å². The number of nitrogens with zero attached hydrogens (tertiary/aromatic N) is 4. The molecule has 5 rings (SSSR count). The van der Waals surface area contributed by atoms with Gasteiger partial charge in [0.2, 0.25) is 0 Å². The van der Waals surface area contributed by atoms with E-state index in [9.17, 15) is 14.7 Å². The van der Waals surface area contributed by atoms with E-state index in [0.29, 0.717) is 31.5 Å². The van der Waals surface area contributed by atoms with Crippen LogP contribution in [-0.4, -0.2) is 117 Å².